The minimum atomic E-state index is 0.0322. The van der Waals surface area contributed by atoms with Crippen molar-refractivity contribution in [2.24, 2.45) is 0 Å². The Labute approximate surface area is 101 Å². The van der Waals surface area contributed by atoms with Gasteiger partial charge in [-0.15, -0.1) is 0 Å². The SMILES string of the molecule is COc1cc(CO)ccc1-c1ccccc1C. The quantitative estimate of drug-likeness (QED) is 0.874. The van der Waals surface area contributed by atoms with E-state index < -0.39 is 0 Å². The summed E-state index contributed by atoms with van der Waals surface area (Å²) >= 11 is 0. The number of aliphatic hydroxyl groups excluding tert-OH is 1. The molecule has 17 heavy (non-hydrogen) atoms. The van der Waals surface area contributed by atoms with Gasteiger partial charge < -0.3 is 9.84 Å². The molecule has 0 saturated carbocycles. The molecule has 1 N–H and O–H groups in total. The van der Waals surface area contributed by atoms with E-state index in [2.05, 4.69) is 19.1 Å². The van der Waals surface area contributed by atoms with Gasteiger partial charge >= 0.3 is 0 Å². The van der Waals surface area contributed by atoms with Crippen molar-refractivity contribution >= 4 is 0 Å². The van der Waals surface area contributed by atoms with Crippen molar-refractivity contribution in [2.75, 3.05) is 7.11 Å². The van der Waals surface area contributed by atoms with Crippen LogP contribution in [0.2, 0.25) is 0 Å². The Bertz CT molecular complexity index is 518. The van der Waals surface area contributed by atoms with Crippen molar-refractivity contribution in [1.82, 2.24) is 0 Å². The monoisotopic (exact) mass is 228 g/mol. The van der Waals surface area contributed by atoms with Crippen molar-refractivity contribution in [1.29, 1.82) is 0 Å². The van der Waals surface area contributed by atoms with Gasteiger partial charge in [0.05, 0.1) is 13.7 Å². The summed E-state index contributed by atoms with van der Waals surface area (Å²) < 4.78 is 5.39. The number of hydrogen-bond donors (Lipinski definition) is 1. The van der Waals surface area contributed by atoms with Gasteiger partial charge in [-0.05, 0) is 29.7 Å². The molecule has 0 amide bonds. The summed E-state index contributed by atoms with van der Waals surface area (Å²) in [6, 6.07) is 14.0. The molecular weight excluding hydrogens is 212 g/mol. The lowest BCUT2D eigenvalue weighted by Gasteiger charge is -2.12. The summed E-state index contributed by atoms with van der Waals surface area (Å²) in [5, 5.41) is 9.12. The first-order valence-electron chi connectivity index (χ1n) is 5.60. The molecule has 88 valence electrons. The predicted molar refractivity (Wildman–Crippen MR) is 69.1 cm³/mol. The molecule has 0 atom stereocenters. The molecule has 2 aromatic rings. The molecular formula is C15H16O2. The standard InChI is InChI=1S/C15H16O2/c1-11-5-3-4-6-13(11)14-8-7-12(10-16)9-15(14)17-2/h3-9,16H,10H2,1-2H3. The zero-order valence-electron chi connectivity index (χ0n) is 10.1. The van der Waals surface area contributed by atoms with E-state index in [0.717, 1.165) is 22.4 Å². The second kappa shape index (κ2) is 5.02. The van der Waals surface area contributed by atoms with Crippen molar-refractivity contribution < 1.29 is 9.84 Å². The van der Waals surface area contributed by atoms with Gasteiger partial charge in [-0.1, -0.05) is 36.4 Å². The molecule has 0 aliphatic heterocycles. The summed E-state index contributed by atoms with van der Waals surface area (Å²) in [6.45, 7) is 2.11. The fourth-order valence-electron chi connectivity index (χ4n) is 1.93. The van der Waals surface area contributed by atoms with Crippen LogP contribution in [0, 0.1) is 6.92 Å². The van der Waals surface area contributed by atoms with E-state index in [-0.39, 0.29) is 6.61 Å². The number of methoxy groups -OCH3 is 1. The third-order valence-electron chi connectivity index (χ3n) is 2.88. The van der Waals surface area contributed by atoms with Crippen LogP contribution in [0.4, 0.5) is 0 Å². The molecule has 2 aromatic carbocycles. The third-order valence-corrected chi connectivity index (χ3v) is 2.88. The molecule has 2 nitrogen and oxygen atoms in total. The highest BCUT2D eigenvalue weighted by molar-refractivity contribution is 5.73. The Balaban J connectivity index is 2.56. The highest BCUT2D eigenvalue weighted by Crippen LogP contribution is 2.32. The van der Waals surface area contributed by atoms with Gasteiger partial charge in [-0.3, -0.25) is 0 Å². The number of ether oxygens (including phenoxy) is 1. The Morgan fingerprint density at radius 1 is 1.06 bits per heavy atom. The molecule has 0 aliphatic rings. The Morgan fingerprint density at radius 3 is 2.47 bits per heavy atom. The molecule has 0 saturated heterocycles. The average Bonchev–Trinajstić information content (AvgIpc) is 2.38. The maximum atomic E-state index is 9.12. The van der Waals surface area contributed by atoms with Crippen LogP contribution >= 0.6 is 0 Å². The average molecular weight is 228 g/mol. The van der Waals surface area contributed by atoms with Crippen LogP contribution in [0.3, 0.4) is 0 Å². The summed E-state index contributed by atoms with van der Waals surface area (Å²) in [6.07, 6.45) is 0. The van der Waals surface area contributed by atoms with E-state index in [0.29, 0.717) is 0 Å². The number of benzene rings is 2. The van der Waals surface area contributed by atoms with Gasteiger partial charge in [0.2, 0.25) is 0 Å². The van der Waals surface area contributed by atoms with Gasteiger partial charge in [0.15, 0.2) is 0 Å². The maximum Gasteiger partial charge on any atom is 0.127 e. The minimum Gasteiger partial charge on any atom is -0.496 e. The van der Waals surface area contributed by atoms with Crippen LogP contribution in [-0.2, 0) is 6.61 Å². The van der Waals surface area contributed by atoms with E-state index >= 15 is 0 Å². The van der Waals surface area contributed by atoms with E-state index in [1.54, 1.807) is 7.11 Å². The predicted octanol–water partition coefficient (Wildman–Crippen LogP) is 3.16. The zero-order chi connectivity index (χ0) is 12.3. The smallest absolute Gasteiger partial charge is 0.127 e. The van der Waals surface area contributed by atoms with Crippen LogP contribution in [-0.4, -0.2) is 12.2 Å². The van der Waals surface area contributed by atoms with E-state index in [4.69, 9.17) is 9.84 Å². The molecule has 0 spiro atoms. The zero-order valence-corrected chi connectivity index (χ0v) is 10.1. The maximum absolute atomic E-state index is 9.12. The minimum absolute atomic E-state index is 0.0322. The molecule has 0 aromatic heterocycles. The summed E-state index contributed by atoms with van der Waals surface area (Å²) in [5.41, 5.74) is 4.29. The lowest BCUT2D eigenvalue weighted by Crippen LogP contribution is -1.92. The fourth-order valence-corrected chi connectivity index (χ4v) is 1.93. The van der Waals surface area contributed by atoms with E-state index in [1.807, 2.05) is 30.3 Å². The van der Waals surface area contributed by atoms with Crippen LogP contribution in [0.15, 0.2) is 42.5 Å². The molecule has 0 bridgehead atoms. The Kier molecular flexibility index (Phi) is 3.45. The normalized spacial score (nSPS) is 10.3. The number of aryl methyl sites for hydroxylation is 1. The fraction of sp³-hybridized carbons (Fsp3) is 0.200. The van der Waals surface area contributed by atoms with Gasteiger partial charge in [-0.25, -0.2) is 0 Å². The summed E-state index contributed by atoms with van der Waals surface area (Å²) in [7, 11) is 1.65. The third kappa shape index (κ3) is 2.32. The van der Waals surface area contributed by atoms with Gasteiger partial charge in [-0.2, -0.15) is 0 Å². The number of hydrogen-bond acceptors (Lipinski definition) is 2. The molecule has 2 heteroatoms. The highest BCUT2D eigenvalue weighted by Gasteiger charge is 2.08. The van der Waals surface area contributed by atoms with Crippen molar-refractivity contribution in [2.45, 2.75) is 13.5 Å². The number of rotatable bonds is 3. The molecule has 2 rings (SSSR count). The molecule has 0 heterocycles. The van der Waals surface area contributed by atoms with Gasteiger partial charge in [0.1, 0.15) is 5.75 Å². The van der Waals surface area contributed by atoms with Crippen molar-refractivity contribution in [3.63, 3.8) is 0 Å². The first-order chi connectivity index (χ1) is 8.26. The Hall–Kier alpha value is -1.80. The van der Waals surface area contributed by atoms with Crippen LogP contribution < -0.4 is 4.74 Å². The highest BCUT2D eigenvalue weighted by atomic mass is 16.5. The molecule has 0 aliphatic carbocycles. The van der Waals surface area contributed by atoms with Crippen LogP contribution in [0.1, 0.15) is 11.1 Å². The van der Waals surface area contributed by atoms with Gasteiger partial charge in [0, 0.05) is 5.56 Å². The van der Waals surface area contributed by atoms with Crippen molar-refractivity contribution in [3.05, 3.63) is 53.6 Å². The first kappa shape index (κ1) is 11.7. The van der Waals surface area contributed by atoms with E-state index in [9.17, 15) is 0 Å². The van der Waals surface area contributed by atoms with Crippen LogP contribution in [0.5, 0.6) is 5.75 Å². The second-order valence-corrected chi connectivity index (χ2v) is 4.01. The summed E-state index contributed by atoms with van der Waals surface area (Å²) in [5.74, 6) is 0.797. The molecule has 0 radical (unpaired) electrons. The molecule has 0 fully saturated rings. The Morgan fingerprint density at radius 2 is 1.82 bits per heavy atom. The largest absolute Gasteiger partial charge is 0.496 e. The second-order valence-electron chi connectivity index (χ2n) is 4.01. The van der Waals surface area contributed by atoms with Gasteiger partial charge in [0.25, 0.3) is 0 Å². The lowest BCUT2D eigenvalue weighted by atomic mass is 9.98. The lowest BCUT2D eigenvalue weighted by molar-refractivity contribution is 0.281. The van der Waals surface area contributed by atoms with E-state index in [1.165, 1.54) is 5.56 Å². The number of aliphatic hydroxyl groups is 1. The first-order valence-corrected chi connectivity index (χ1v) is 5.60. The van der Waals surface area contributed by atoms with Crippen molar-refractivity contribution in [3.8, 4) is 16.9 Å². The van der Waals surface area contributed by atoms with Crippen LogP contribution in [0.25, 0.3) is 11.1 Å². The topological polar surface area (TPSA) is 29.5 Å². The molecule has 0 unspecified atom stereocenters. The summed E-state index contributed by atoms with van der Waals surface area (Å²) in [4.78, 5) is 0.